The highest BCUT2D eigenvalue weighted by Gasteiger charge is 2.42. The summed E-state index contributed by atoms with van der Waals surface area (Å²) in [4.78, 5) is 14.8. The second kappa shape index (κ2) is 6.42. The standard InChI is InChI=1S/C19H21ClN2O4S/c1-11-8-13(20)9-12(2)17(11)22-15-7-6-14(21-27(5,24)25)10-16(15)26-19(3,4)18(22)23/h6-10,21H,1-5H3. The van der Waals surface area contributed by atoms with E-state index in [4.69, 9.17) is 16.3 Å². The number of carbonyl (C=O) groups excluding carboxylic acids is 1. The van der Waals surface area contributed by atoms with E-state index in [0.717, 1.165) is 23.1 Å². The lowest BCUT2D eigenvalue weighted by molar-refractivity contribution is -0.131. The van der Waals surface area contributed by atoms with Crippen molar-refractivity contribution in [2.24, 2.45) is 0 Å². The van der Waals surface area contributed by atoms with Gasteiger partial charge in [0.2, 0.25) is 10.0 Å². The van der Waals surface area contributed by atoms with Gasteiger partial charge in [-0.2, -0.15) is 0 Å². The van der Waals surface area contributed by atoms with Crippen LogP contribution in [0.1, 0.15) is 25.0 Å². The van der Waals surface area contributed by atoms with E-state index < -0.39 is 15.6 Å². The summed E-state index contributed by atoms with van der Waals surface area (Å²) in [5.41, 5.74) is 2.25. The van der Waals surface area contributed by atoms with Crippen LogP contribution in [-0.4, -0.2) is 26.2 Å². The molecule has 0 radical (unpaired) electrons. The van der Waals surface area contributed by atoms with Crippen molar-refractivity contribution in [2.45, 2.75) is 33.3 Å². The first-order valence-electron chi connectivity index (χ1n) is 8.31. The molecule has 144 valence electrons. The molecule has 0 saturated heterocycles. The van der Waals surface area contributed by atoms with Crippen LogP contribution in [-0.2, 0) is 14.8 Å². The minimum atomic E-state index is -3.43. The molecule has 1 N–H and O–H groups in total. The molecule has 0 aliphatic carbocycles. The Labute approximate surface area is 164 Å². The number of benzene rings is 2. The lowest BCUT2D eigenvalue weighted by Crippen LogP contribution is -2.50. The van der Waals surface area contributed by atoms with Gasteiger partial charge in [-0.15, -0.1) is 0 Å². The van der Waals surface area contributed by atoms with Gasteiger partial charge in [-0.05, 0) is 63.1 Å². The van der Waals surface area contributed by atoms with Crippen LogP contribution in [0.2, 0.25) is 5.02 Å². The minimum absolute atomic E-state index is 0.215. The number of rotatable bonds is 3. The zero-order chi connectivity index (χ0) is 20.1. The molecule has 1 aliphatic rings. The van der Waals surface area contributed by atoms with Crippen LogP contribution in [0.4, 0.5) is 17.1 Å². The Morgan fingerprint density at radius 3 is 2.26 bits per heavy atom. The van der Waals surface area contributed by atoms with Gasteiger partial charge in [-0.25, -0.2) is 8.42 Å². The molecule has 0 saturated carbocycles. The van der Waals surface area contributed by atoms with Crippen LogP contribution in [0.3, 0.4) is 0 Å². The van der Waals surface area contributed by atoms with E-state index >= 15 is 0 Å². The Balaban J connectivity index is 2.21. The molecule has 1 aliphatic heterocycles. The number of halogens is 1. The largest absolute Gasteiger partial charge is 0.476 e. The quantitative estimate of drug-likeness (QED) is 0.827. The zero-order valence-electron chi connectivity index (χ0n) is 15.8. The van der Waals surface area contributed by atoms with Gasteiger partial charge in [0.15, 0.2) is 5.60 Å². The van der Waals surface area contributed by atoms with Crippen LogP contribution in [0.25, 0.3) is 0 Å². The monoisotopic (exact) mass is 408 g/mol. The SMILES string of the molecule is Cc1cc(Cl)cc(C)c1N1C(=O)C(C)(C)Oc2cc(NS(C)(=O)=O)ccc21. The van der Waals surface area contributed by atoms with Gasteiger partial charge in [0.1, 0.15) is 5.75 Å². The van der Waals surface area contributed by atoms with Crippen LogP contribution < -0.4 is 14.4 Å². The fourth-order valence-electron chi connectivity index (χ4n) is 3.23. The van der Waals surface area contributed by atoms with Crippen LogP contribution in [0, 0.1) is 13.8 Å². The van der Waals surface area contributed by atoms with Crippen LogP contribution in [0.5, 0.6) is 5.75 Å². The number of hydrogen-bond donors (Lipinski definition) is 1. The molecular formula is C19H21ClN2O4S. The second-order valence-electron chi connectivity index (χ2n) is 7.20. The maximum absolute atomic E-state index is 13.2. The highest BCUT2D eigenvalue weighted by atomic mass is 35.5. The van der Waals surface area contributed by atoms with Gasteiger partial charge in [0, 0.05) is 11.1 Å². The third-order valence-electron chi connectivity index (χ3n) is 4.27. The predicted octanol–water partition coefficient (Wildman–Crippen LogP) is 4.16. The molecule has 8 heteroatoms. The van der Waals surface area contributed by atoms with Crippen molar-refractivity contribution in [3.8, 4) is 5.75 Å². The molecule has 1 heterocycles. The molecule has 0 unspecified atom stereocenters. The maximum atomic E-state index is 13.2. The van der Waals surface area contributed by atoms with Crippen molar-refractivity contribution in [3.63, 3.8) is 0 Å². The maximum Gasteiger partial charge on any atom is 0.275 e. The third-order valence-corrected chi connectivity index (χ3v) is 5.09. The van der Waals surface area contributed by atoms with Crippen molar-refractivity contribution < 1.29 is 17.9 Å². The molecule has 2 aromatic carbocycles. The summed E-state index contributed by atoms with van der Waals surface area (Å²) >= 11 is 6.14. The molecule has 6 nitrogen and oxygen atoms in total. The molecule has 0 aromatic heterocycles. The number of nitrogens with zero attached hydrogens (tertiary/aromatic N) is 1. The number of nitrogens with one attached hydrogen (secondary N) is 1. The number of carbonyl (C=O) groups is 1. The summed E-state index contributed by atoms with van der Waals surface area (Å²) in [6.07, 6.45) is 1.08. The Morgan fingerprint density at radius 1 is 1.11 bits per heavy atom. The zero-order valence-corrected chi connectivity index (χ0v) is 17.3. The number of hydrogen-bond acceptors (Lipinski definition) is 4. The highest BCUT2D eigenvalue weighted by Crippen LogP contribution is 2.45. The molecular weight excluding hydrogens is 388 g/mol. The summed E-state index contributed by atoms with van der Waals surface area (Å²) in [6, 6.07) is 8.46. The minimum Gasteiger partial charge on any atom is -0.476 e. The van der Waals surface area contributed by atoms with E-state index in [-0.39, 0.29) is 5.91 Å². The van der Waals surface area contributed by atoms with Crippen molar-refractivity contribution in [3.05, 3.63) is 46.5 Å². The Kier molecular flexibility index (Phi) is 4.64. The molecule has 0 fully saturated rings. The van der Waals surface area contributed by atoms with Crippen molar-refractivity contribution >= 4 is 44.6 Å². The summed E-state index contributed by atoms with van der Waals surface area (Å²) in [7, 11) is -3.43. The van der Waals surface area contributed by atoms with Gasteiger partial charge in [0.05, 0.1) is 23.3 Å². The molecule has 0 atom stereocenters. The molecule has 27 heavy (non-hydrogen) atoms. The third kappa shape index (κ3) is 3.75. The van der Waals surface area contributed by atoms with E-state index in [2.05, 4.69) is 4.72 Å². The first kappa shape index (κ1) is 19.5. The Hall–Kier alpha value is -2.25. The van der Waals surface area contributed by atoms with E-state index in [1.54, 1.807) is 49.1 Å². The fourth-order valence-corrected chi connectivity index (χ4v) is 4.12. The van der Waals surface area contributed by atoms with Crippen LogP contribution >= 0.6 is 11.6 Å². The predicted molar refractivity (Wildman–Crippen MR) is 108 cm³/mol. The lowest BCUT2D eigenvalue weighted by atomic mass is 9.99. The van der Waals surface area contributed by atoms with Gasteiger partial charge in [-0.3, -0.25) is 14.4 Å². The molecule has 1 amide bonds. The Bertz CT molecular complexity index is 1020. The summed E-state index contributed by atoms with van der Waals surface area (Å²) < 4.78 is 31.4. The first-order valence-corrected chi connectivity index (χ1v) is 10.6. The highest BCUT2D eigenvalue weighted by molar-refractivity contribution is 7.92. The summed E-state index contributed by atoms with van der Waals surface area (Å²) in [6.45, 7) is 7.15. The average molecular weight is 409 g/mol. The van der Waals surface area contributed by atoms with E-state index in [1.165, 1.54) is 0 Å². The topological polar surface area (TPSA) is 75.7 Å². The van der Waals surface area contributed by atoms with Crippen molar-refractivity contribution in [2.75, 3.05) is 15.9 Å². The van der Waals surface area contributed by atoms with E-state index in [1.807, 2.05) is 13.8 Å². The Morgan fingerprint density at radius 2 is 1.70 bits per heavy atom. The van der Waals surface area contributed by atoms with E-state index in [9.17, 15) is 13.2 Å². The van der Waals surface area contributed by atoms with Crippen molar-refractivity contribution in [1.82, 2.24) is 0 Å². The molecule has 0 bridgehead atoms. The van der Waals surface area contributed by atoms with Gasteiger partial charge in [0.25, 0.3) is 5.91 Å². The number of anilines is 3. The number of sulfonamides is 1. The smallest absolute Gasteiger partial charge is 0.275 e. The number of fused-ring (bicyclic) bond motifs is 1. The molecule has 2 aromatic rings. The summed E-state index contributed by atoms with van der Waals surface area (Å²) in [5.74, 6) is 0.203. The van der Waals surface area contributed by atoms with Gasteiger partial charge in [-0.1, -0.05) is 11.6 Å². The number of aryl methyl sites for hydroxylation is 2. The average Bonchev–Trinajstić information content (AvgIpc) is 2.48. The van der Waals surface area contributed by atoms with E-state index in [0.29, 0.717) is 22.1 Å². The molecule has 3 rings (SSSR count). The van der Waals surface area contributed by atoms with Crippen molar-refractivity contribution in [1.29, 1.82) is 0 Å². The van der Waals surface area contributed by atoms with Gasteiger partial charge < -0.3 is 4.74 Å². The first-order chi connectivity index (χ1) is 12.4. The summed E-state index contributed by atoms with van der Waals surface area (Å²) in [5, 5.41) is 0.599. The number of ether oxygens (including phenoxy) is 1. The fraction of sp³-hybridized carbons (Fsp3) is 0.316. The molecule has 0 spiro atoms. The number of amides is 1. The normalized spacial score (nSPS) is 15.9. The van der Waals surface area contributed by atoms with Crippen LogP contribution in [0.15, 0.2) is 30.3 Å². The lowest BCUT2D eigenvalue weighted by Gasteiger charge is -2.40. The van der Waals surface area contributed by atoms with Gasteiger partial charge >= 0.3 is 0 Å². The second-order valence-corrected chi connectivity index (χ2v) is 9.38.